The highest BCUT2D eigenvalue weighted by Gasteiger charge is 2.11. The zero-order valence-electron chi connectivity index (χ0n) is 10.4. The Hall–Kier alpha value is -1.47. The lowest BCUT2D eigenvalue weighted by atomic mass is 10.3. The Bertz CT molecular complexity index is 464. The van der Waals surface area contributed by atoms with E-state index in [2.05, 4.69) is 0 Å². The summed E-state index contributed by atoms with van der Waals surface area (Å²) in [5.41, 5.74) is 0. The first-order valence-electron chi connectivity index (χ1n) is 5.32. The third kappa shape index (κ3) is 4.42. The van der Waals surface area contributed by atoms with E-state index in [1.165, 1.54) is 14.2 Å². The van der Waals surface area contributed by atoms with Crippen molar-refractivity contribution in [3.05, 3.63) is 18.2 Å². The minimum Gasteiger partial charge on any atom is -0.493 e. The van der Waals surface area contributed by atoms with Crippen LogP contribution in [0.4, 0.5) is 0 Å². The average Bonchev–Trinajstić information content (AvgIpc) is 2.33. The Kier molecular flexibility index (Phi) is 5.24. The van der Waals surface area contributed by atoms with Crippen LogP contribution in [0.1, 0.15) is 6.42 Å². The van der Waals surface area contributed by atoms with Gasteiger partial charge in [-0.15, -0.1) is 0 Å². The van der Waals surface area contributed by atoms with E-state index in [0.717, 1.165) is 0 Å². The number of ether oxygens (including phenoxy) is 3. The molecule has 0 saturated heterocycles. The molecule has 0 spiro atoms. The van der Waals surface area contributed by atoms with Gasteiger partial charge in [-0.05, 0) is 18.6 Å². The van der Waals surface area contributed by atoms with Gasteiger partial charge in [0, 0.05) is 0 Å². The number of hydrogen-bond donors (Lipinski definition) is 1. The van der Waals surface area contributed by atoms with Crippen LogP contribution in [0.3, 0.4) is 0 Å². The normalized spacial score (nSPS) is 11.1. The van der Waals surface area contributed by atoms with Crippen LogP contribution in [0.5, 0.6) is 17.2 Å². The van der Waals surface area contributed by atoms with Crippen LogP contribution < -0.4 is 19.3 Å². The molecule has 0 aliphatic heterocycles. The van der Waals surface area contributed by atoms with Crippen molar-refractivity contribution in [2.24, 2.45) is 5.14 Å². The van der Waals surface area contributed by atoms with Crippen LogP contribution in [0, 0.1) is 0 Å². The molecule has 102 valence electrons. The molecule has 0 unspecified atom stereocenters. The first kappa shape index (κ1) is 14.6. The molecular formula is C11H17NO5S. The Labute approximate surface area is 107 Å². The van der Waals surface area contributed by atoms with Gasteiger partial charge in [0.05, 0.1) is 26.6 Å². The first-order valence-corrected chi connectivity index (χ1v) is 7.03. The topological polar surface area (TPSA) is 87.8 Å². The second-order valence-electron chi connectivity index (χ2n) is 3.56. The summed E-state index contributed by atoms with van der Waals surface area (Å²) in [6.45, 7) is 0.215. The van der Waals surface area contributed by atoms with Crippen molar-refractivity contribution in [2.75, 3.05) is 26.6 Å². The lowest BCUT2D eigenvalue weighted by Gasteiger charge is -2.13. The third-order valence-electron chi connectivity index (χ3n) is 2.20. The molecule has 0 radical (unpaired) electrons. The summed E-state index contributed by atoms with van der Waals surface area (Å²) in [5.74, 6) is 1.40. The quantitative estimate of drug-likeness (QED) is 0.742. The Morgan fingerprint density at radius 3 is 2.17 bits per heavy atom. The van der Waals surface area contributed by atoms with Crippen LogP contribution in [-0.2, 0) is 10.0 Å². The smallest absolute Gasteiger partial charge is 0.209 e. The van der Waals surface area contributed by atoms with Gasteiger partial charge in [-0.1, -0.05) is 6.07 Å². The number of sulfonamides is 1. The van der Waals surface area contributed by atoms with Crippen LogP contribution >= 0.6 is 0 Å². The maximum Gasteiger partial charge on any atom is 0.209 e. The van der Waals surface area contributed by atoms with Crippen LogP contribution in [-0.4, -0.2) is 35.0 Å². The number of para-hydroxylation sites is 1. The number of methoxy groups -OCH3 is 2. The van der Waals surface area contributed by atoms with Crippen LogP contribution in [0.25, 0.3) is 0 Å². The van der Waals surface area contributed by atoms with Crippen molar-refractivity contribution in [3.63, 3.8) is 0 Å². The molecular weight excluding hydrogens is 258 g/mol. The molecule has 0 fully saturated rings. The summed E-state index contributed by atoms with van der Waals surface area (Å²) in [5, 5.41) is 4.89. The average molecular weight is 275 g/mol. The fourth-order valence-corrected chi connectivity index (χ4v) is 1.91. The zero-order chi connectivity index (χ0) is 13.6. The highest BCUT2D eigenvalue weighted by Crippen LogP contribution is 2.36. The highest BCUT2D eigenvalue weighted by atomic mass is 32.2. The molecule has 0 amide bonds. The maximum absolute atomic E-state index is 10.8. The van der Waals surface area contributed by atoms with Crippen molar-refractivity contribution in [3.8, 4) is 17.2 Å². The van der Waals surface area contributed by atoms with Gasteiger partial charge >= 0.3 is 0 Å². The van der Waals surface area contributed by atoms with E-state index < -0.39 is 10.0 Å². The van der Waals surface area contributed by atoms with E-state index in [9.17, 15) is 8.42 Å². The van der Waals surface area contributed by atoms with E-state index in [4.69, 9.17) is 19.3 Å². The van der Waals surface area contributed by atoms with Crippen molar-refractivity contribution in [1.29, 1.82) is 0 Å². The third-order valence-corrected chi connectivity index (χ3v) is 3.06. The number of benzene rings is 1. The van der Waals surface area contributed by atoms with Gasteiger partial charge in [0.2, 0.25) is 15.8 Å². The minimum atomic E-state index is -3.45. The second-order valence-corrected chi connectivity index (χ2v) is 5.29. The molecule has 2 N–H and O–H groups in total. The lowest BCUT2D eigenvalue weighted by molar-refractivity contribution is 0.275. The summed E-state index contributed by atoms with van der Waals surface area (Å²) >= 11 is 0. The molecule has 7 heteroatoms. The van der Waals surface area contributed by atoms with Crippen molar-refractivity contribution in [2.45, 2.75) is 6.42 Å². The Balaban J connectivity index is 2.66. The number of hydrogen-bond acceptors (Lipinski definition) is 5. The molecule has 0 aliphatic carbocycles. The molecule has 1 aromatic rings. The van der Waals surface area contributed by atoms with Gasteiger partial charge in [-0.2, -0.15) is 0 Å². The van der Waals surface area contributed by atoms with Gasteiger partial charge < -0.3 is 14.2 Å². The fourth-order valence-electron chi connectivity index (χ4n) is 1.39. The molecule has 0 aliphatic rings. The van der Waals surface area contributed by atoms with Gasteiger partial charge in [-0.3, -0.25) is 0 Å². The van der Waals surface area contributed by atoms with Crippen molar-refractivity contribution in [1.82, 2.24) is 0 Å². The molecule has 0 aromatic heterocycles. The maximum atomic E-state index is 10.8. The molecule has 0 atom stereocenters. The molecule has 6 nitrogen and oxygen atoms in total. The number of rotatable bonds is 7. The SMILES string of the molecule is COc1cccc(OC)c1OCCCS(N)(=O)=O. The summed E-state index contributed by atoms with van der Waals surface area (Å²) in [7, 11) is -0.413. The van der Waals surface area contributed by atoms with Gasteiger partial charge in [0.15, 0.2) is 11.5 Å². The summed E-state index contributed by atoms with van der Waals surface area (Å²) in [4.78, 5) is 0. The lowest BCUT2D eigenvalue weighted by Crippen LogP contribution is -2.18. The highest BCUT2D eigenvalue weighted by molar-refractivity contribution is 7.89. The molecule has 1 aromatic carbocycles. The van der Waals surface area contributed by atoms with Crippen LogP contribution in [0.15, 0.2) is 18.2 Å². The van der Waals surface area contributed by atoms with Gasteiger partial charge in [-0.25, -0.2) is 13.6 Å². The first-order chi connectivity index (χ1) is 8.48. The summed E-state index contributed by atoms with van der Waals surface area (Å²) in [6, 6.07) is 5.24. The van der Waals surface area contributed by atoms with E-state index in [1.807, 2.05) is 0 Å². The summed E-state index contributed by atoms with van der Waals surface area (Å²) in [6.07, 6.45) is 0.306. The standard InChI is InChI=1S/C11H17NO5S/c1-15-9-5-3-6-10(16-2)11(9)17-7-4-8-18(12,13)14/h3,5-6H,4,7-8H2,1-2H3,(H2,12,13,14). The molecule has 0 bridgehead atoms. The second kappa shape index (κ2) is 6.46. The molecule has 18 heavy (non-hydrogen) atoms. The summed E-state index contributed by atoms with van der Waals surface area (Å²) < 4.78 is 37.3. The zero-order valence-corrected chi connectivity index (χ0v) is 11.2. The minimum absolute atomic E-state index is 0.121. The van der Waals surface area contributed by atoms with E-state index >= 15 is 0 Å². The Morgan fingerprint density at radius 1 is 1.17 bits per heavy atom. The van der Waals surface area contributed by atoms with Crippen LogP contribution in [0.2, 0.25) is 0 Å². The largest absolute Gasteiger partial charge is 0.493 e. The molecule has 1 rings (SSSR count). The van der Waals surface area contributed by atoms with E-state index in [-0.39, 0.29) is 12.4 Å². The monoisotopic (exact) mass is 275 g/mol. The van der Waals surface area contributed by atoms with Crippen molar-refractivity contribution >= 4 is 10.0 Å². The van der Waals surface area contributed by atoms with E-state index in [0.29, 0.717) is 23.7 Å². The predicted molar refractivity (Wildman–Crippen MR) is 67.6 cm³/mol. The molecule has 0 saturated carbocycles. The van der Waals surface area contributed by atoms with Gasteiger partial charge in [0.25, 0.3) is 0 Å². The number of nitrogens with two attached hydrogens (primary N) is 1. The Morgan fingerprint density at radius 2 is 1.72 bits per heavy atom. The van der Waals surface area contributed by atoms with Crippen molar-refractivity contribution < 1.29 is 22.6 Å². The molecule has 0 heterocycles. The number of primary sulfonamides is 1. The fraction of sp³-hybridized carbons (Fsp3) is 0.455. The van der Waals surface area contributed by atoms with Gasteiger partial charge in [0.1, 0.15) is 0 Å². The predicted octanol–water partition coefficient (Wildman–Crippen LogP) is 0.761. The van der Waals surface area contributed by atoms with E-state index in [1.54, 1.807) is 18.2 Å².